The molecule has 2 unspecified atom stereocenters. The van der Waals surface area contributed by atoms with Gasteiger partial charge in [0.05, 0.1) is 5.69 Å². The molecule has 0 aliphatic heterocycles. The number of aliphatic hydroxyl groups is 1. The van der Waals surface area contributed by atoms with Crippen molar-refractivity contribution in [1.29, 1.82) is 0 Å². The van der Waals surface area contributed by atoms with Crippen molar-refractivity contribution in [3.63, 3.8) is 0 Å². The van der Waals surface area contributed by atoms with Gasteiger partial charge in [-0.05, 0) is 63.6 Å². The Bertz CT molecular complexity index is 658. The second kappa shape index (κ2) is 8.27. The van der Waals surface area contributed by atoms with Crippen LogP contribution in [0.5, 0.6) is 5.75 Å². The molecule has 0 saturated carbocycles. The number of aryl methyl sites for hydroxylation is 2. The molecule has 1 aromatic heterocycles. The number of rotatable bonds is 7. The van der Waals surface area contributed by atoms with Gasteiger partial charge in [-0.2, -0.15) is 0 Å². The summed E-state index contributed by atoms with van der Waals surface area (Å²) >= 11 is 0. The van der Waals surface area contributed by atoms with Gasteiger partial charge >= 0.3 is 0 Å². The number of pyridine rings is 1. The molecule has 0 aliphatic carbocycles. The highest BCUT2D eigenvalue weighted by Crippen LogP contribution is 2.26. The van der Waals surface area contributed by atoms with Gasteiger partial charge in [-0.15, -0.1) is 0 Å². The second-order valence-electron chi connectivity index (χ2n) is 6.49. The maximum atomic E-state index is 10.3. The first-order chi connectivity index (χ1) is 11.4. The lowest BCUT2D eigenvalue weighted by Gasteiger charge is -2.27. The predicted molar refractivity (Wildman–Crippen MR) is 97.4 cm³/mol. The topological polar surface area (TPSA) is 45.6 Å². The van der Waals surface area contributed by atoms with E-state index < -0.39 is 6.10 Å². The van der Waals surface area contributed by atoms with Crippen molar-refractivity contribution in [3.05, 3.63) is 58.9 Å². The van der Waals surface area contributed by atoms with Crippen LogP contribution in [-0.4, -0.2) is 41.3 Å². The zero-order valence-corrected chi connectivity index (χ0v) is 15.3. The van der Waals surface area contributed by atoms with Crippen molar-refractivity contribution in [2.24, 2.45) is 0 Å². The van der Waals surface area contributed by atoms with E-state index in [1.165, 1.54) is 5.56 Å². The summed E-state index contributed by atoms with van der Waals surface area (Å²) in [4.78, 5) is 6.47. The fourth-order valence-corrected chi connectivity index (χ4v) is 2.72. The van der Waals surface area contributed by atoms with Gasteiger partial charge in [-0.25, -0.2) is 0 Å². The van der Waals surface area contributed by atoms with Gasteiger partial charge in [0, 0.05) is 18.8 Å². The Morgan fingerprint density at radius 3 is 2.50 bits per heavy atom. The molecular weight excluding hydrogens is 300 g/mol. The molecule has 0 amide bonds. The number of nitrogens with zero attached hydrogens (tertiary/aromatic N) is 2. The Labute approximate surface area is 145 Å². The first-order valence-corrected chi connectivity index (χ1v) is 8.39. The molecule has 1 N–H and O–H groups in total. The zero-order valence-electron chi connectivity index (χ0n) is 15.3. The van der Waals surface area contributed by atoms with Crippen molar-refractivity contribution in [1.82, 2.24) is 9.88 Å². The lowest BCUT2D eigenvalue weighted by molar-refractivity contribution is 0.0643. The van der Waals surface area contributed by atoms with Gasteiger partial charge < -0.3 is 9.84 Å². The zero-order chi connectivity index (χ0) is 17.7. The van der Waals surface area contributed by atoms with Crippen molar-refractivity contribution >= 4 is 0 Å². The SMILES string of the molecule is Cc1ccc(C)c(OCC(O)CN(C)C(C)c2ccccn2)c1C. The van der Waals surface area contributed by atoms with Crippen molar-refractivity contribution in [2.75, 3.05) is 20.2 Å². The van der Waals surface area contributed by atoms with Crippen LogP contribution in [0.4, 0.5) is 0 Å². The van der Waals surface area contributed by atoms with E-state index in [4.69, 9.17) is 4.74 Å². The second-order valence-corrected chi connectivity index (χ2v) is 6.49. The van der Waals surface area contributed by atoms with Crippen LogP contribution in [0.3, 0.4) is 0 Å². The summed E-state index contributed by atoms with van der Waals surface area (Å²) in [6, 6.07) is 10.2. The lowest BCUT2D eigenvalue weighted by Crippen LogP contribution is -2.35. The first-order valence-electron chi connectivity index (χ1n) is 8.39. The number of ether oxygens (including phenoxy) is 1. The summed E-state index contributed by atoms with van der Waals surface area (Å²) in [6.07, 6.45) is 1.24. The molecule has 4 heteroatoms. The molecule has 4 nitrogen and oxygen atoms in total. The third-order valence-electron chi connectivity index (χ3n) is 4.57. The molecule has 2 rings (SSSR count). The van der Waals surface area contributed by atoms with Gasteiger partial charge in [0.2, 0.25) is 0 Å². The fourth-order valence-electron chi connectivity index (χ4n) is 2.72. The maximum absolute atomic E-state index is 10.3. The molecule has 1 heterocycles. The maximum Gasteiger partial charge on any atom is 0.125 e. The molecule has 130 valence electrons. The Morgan fingerprint density at radius 1 is 1.12 bits per heavy atom. The van der Waals surface area contributed by atoms with Gasteiger partial charge in [0.25, 0.3) is 0 Å². The Kier molecular flexibility index (Phi) is 6.35. The molecule has 24 heavy (non-hydrogen) atoms. The first kappa shape index (κ1) is 18.4. The number of hydrogen-bond donors (Lipinski definition) is 1. The average molecular weight is 328 g/mol. The minimum atomic E-state index is -0.555. The number of aromatic nitrogens is 1. The highest BCUT2D eigenvalue weighted by Gasteiger charge is 2.17. The summed E-state index contributed by atoms with van der Waals surface area (Å²) < 4.78 is 5.90. The largest absolute Gasteiger partial charge is 0.490 e. The van der Waals surface area contributed by atoms with Gasteiger partial charge in [0.15, 0.2) is 0 Å². The smallest absolute Gasteiger partial charge is 0.125 e. The highest BCUT2D eigenvalue weighted by atomic mass is 16.5. The molecule has 0 fully saturated rings. The molecule has 0 aliphatic rings. The van der Waals surface area contributed by atoms with Crippen LogP contribution in [0.2, 0.25) is 0 Å². The van der Waals surface area contributed by atoms with Crippen molar-refractivity contribution in [3.8, 4) is 5.75 Å². The Balaban J connectivity index is 1.92. The van der Waals surface area contributed by atoms with E-state index in [9.17, 15) is 5.11 Å². The summed E-state index contributed by atoms with van der Waals surface area (Å²) in [5, 5.41) is 10.3. The third-order valence-corrected chi connectivity index (χ3v) is 4.57. The normalized spacial score (nSPS) is 13.8. The minimum Gasteiger partial charge on any atom is -0.490 e. The van der Waals surface area contributed by atoms with E-state index >= 15 is 0 Å². The van der Waals surface area contributed by atoms with Crippen LogP contribution in [0.1, 0.15) is 35.3 Å². The Morgan fingerprint density at radius 2 is 1.83 bits per heavy atom. The minimum absolute atomic E-state index is 0.142. The summed E-state index contributed by atoms with van der Waals surface area (Å²) in [5.74, 6) is 0.884. The van der Waals surface area contributed by atoms with Crippen LogP contribution < -0.4 is 4.74 Å². The van der Waals surface area contributed by atoms with Crippen molar-refractivity contribution < 1.29 is 9.84 Å². The van der Waals surface area contributed by atoms with E-state index in [2.05, 4.69) is 42.8 Å². The van der Waals surface area contributed by atoms with Crippen LogP contribution in [0.25, 0.3) is 0 Å². The number of likely N-dealkylation sites (N-methyl/N-ethyl adjacent to an activating group) is 1. The van der Waals surface area contributed by atoms with Crippen LogP contribution in [0, 0.1) is 20.8 Å². The van der Waals surface area contributed by atoms with E-state index in [0.29, 0.717) is 6.54 Å². The van der Waals surface area contributed by atoms with E-state index in [0.717, 1.165) is 22.6 Å². The summed E-state index contributed by atoms with van der Waals surface area (Å²) in [6.45, 7) is 9.06. The van der Waals surface area contributed by atoms with E-state index in [1.54, 1.807) is 6.20 Å². The van der Waals surface area contributed by atoms with Crippen molar-refractivity contribution in [2.45, 2.75) is 39.8 Å². The Hall–Kier alpha value is -1.91. The number of benzene rings is 1. The quantitative estimate of drug-likeness (QED) is 0.846. The monoisotopic (exact) mass is 328 g/mol. The number of hydrogen-bond acceptors (Lipinski definition) is 4. The van der Waals surface area contributed by atoms with Gasteiger partial charge in [-0.1, -0.05) is 18.2 Å². The van der Waals surface area contributed by atoms with Crippen LogP contribution in [0.15, 0.2) is 36.5 Å². The molecule has 0 bridgehead atoms. The highest BCUT2D eigenvalue weighted by molar-refractivity contribution is 5.44. The van der Waals surface area contributed by atoms with Crippen LogP contribution >= 0.6 is 0 Å². The molecule has 0 radical (unpaired) electrons. The molecular formula is C20H28N2O2. The number of aliphatic hydroxyl groups excluding tert-OH is 1. The molecule has 0 spiro atoms. The fraction of sp³-hybridized carbons (Fsp3) is 0.450. The standard InChI is InChI=1S/C20H28N2O2/c1-14-9-10-15(2)20(16(14)3)24-13-18(23)12-22(5)17(4)19-8-6-7-11-21-19/h6-11,17-18,23H,12-13H2,1-5H3. The third kappa shape index (κ3) is 4.56. The van der Waals surface area contributed by atoms with Gasteiger partial charge in [0.1, 0.15) is 18.5 Å². The average Bonchev–Trinajstić information content (AvgIpc) is 2.58. The van der Waals surface area contributed by atoms with Gasteiger partial charge in [-0.3, -0.25) is 9.88 Å². The molecule has 1 aromatic carbocycles. The van der Waals surface area contributed by atoms with Crippen LogP contribution in [-0.2, 0) is 0 Å². The van der Waals surface area contributed by atoms with E-state index in [-0.39, 0.29) is 12.6 Å². The predicted octanol–water partition coefficient (Wildman–Crippen LogP) is 3.44. The lowest BCUT2D eigenvalue weighted by atomic mass is 10.1. The van der Waals surface area contributed by atoms with E-state index in [1.807, 2.05) is 32.2 Å². The summed E-state index contributed by atoms with van der Waals surface area (Å²) in [5.41, 5.74) is 4.43. The summed E-state index contributed by atoms with van der Waals surface area (Å²) in [7, 11) is 1.99. The molecule has 0 saturated heterocycles. The molecule has 2 aromatic rings. The molecule has 2 atom stereocenters.